The van der Waals surface area contributed by atoms with E-state index in [0.717, 1.165) is 12.8 Å². The van der Waals surface area contributed by atoms with Crippen LogP contribution in [-0.4, -0.2) is 32.6 Å². The first-order chi connectivity index (χ1) is 11.2. The minimum atomic E-state index is 0.0789. The Morgan fingerprint density at radius 1 is 1.57 bits per heavy atom. The monoisotopic (exact) mass is 345 g/mol. The van der Waals surface area contributed by atoms with Crippen LogP contribution in [0.25, 0.3) is 0 Å². The second kappa shape index (κ2) is 6.98. The van der Waals surface area contributed by atoms with E-state index < -0.39 is 0 Å². The quantitative estimate of drug-likeness (QED) is 0.637. The summed E-state index contributed by atoms with van der Waals surface area (Å²) in [4.78, 5) is 22.5. The Morgan fingerprint density at radius 3 is 3.00 bits per heavy atom. The number of carbonyl (C=O) groups is 1. The SMILES string of the molecule is N#Cc1cnc(SCC(=O)N(Cc2ccsc2)C2CC2)nc1N. The summed E-state index contributed by atoms with van der Waals surface area (Å²) in [5.74, 6) is 0.497. The highest BCUT2D eigenvalue weighted by Crippen LogP contribution is 2.30. The molecule has 0 unspecified atom stereocenters. The lowest BCUT2D eigenvalue weighted by molar-refractivity contribution is -0.129. The molecule has 0 bridgehead atoms. The second-order valence-electron chi connectivity index (χ2n) is 5.24. The van der Waals surface area contributed by atoms with Crippen LogP contribution >= 0.6 is 23.1 Å². The zero-order chi connectivity index (χ0) is 16.2. The summed E-state index contributed by atoms with van der Waals surface area (Å²) >= 11 is 2.89. The molecule has 2 aromatic rings. The van der Waals surface area contributed by atoms with Crippen molar-refractivity contribution in [3.8, 4) is 6.07 Å². The highest BCUT2D eigenvalue weighted by atomic mass is 32.2. The smallest absolute Gasteiger partial charge is 0.233 e. The van der Waals surface area contributed by atoms with E-state index in [1.54, 1.807) is 11.3 Å². The molecule has 0 saturated heterocycles. The van der Waals surface area contributed by atoms with Gasteiger partial charge in [-0.2, -0.15) is 16.6 Å². The van der Waals surface area contributed by atoms with Crippen molar-refractivity contribution < 1.29 is 4.79 Å². The maximum atomic E-state index is 12.5. The lowest BCUT2D eigenvalue weighted by Crippen LogP contribution is -2.33. The number of nitrogens with two attached hydrogens (primary N) is 1. The minimum Gasteiger partial charge on any atom is -0.382 e. The maximum Gasteiger partial charge on any atom is 0.233 e. The number of rotatable bonds is 6. The Kier molecular flexibility index (Phi) is 4.79. The summed E-state index contributed by atoms with van der Waals surface area (Å²) in [6.07, 6.45) is 3.53. The molecule has 1 saturated carbocycles. The molecule has 2 aromatic heterocycles. The van der Waals surface area contributed by atoms with Gasteiger partial charge in [-0.05, 0) is 35.2 Å². The van der Waals surface area contributed by atoms with Crippen LogP contribution in [0.5, 0.6) is 0 Å². The molecular weight excluding hydrogens is 330 g/mol. The first-order valence-electron chi connectivity index (χ1n) is 7.13. The van der Waals surface area contributed by atoms with Gasteiger partial charge in [-0.15, -0.1) is 0 Å². The Bertz CT molecular complexity index is 737. The van der Waals surface area contributed by atoms with Gasteiger partial charge < -0.3 is 10.6 Å². The molecule has 1 aliphatic carbocycles. The van der Waals surface area contributed by atoms with E-state index in [9.17, 15) is 4.79 Å². The standard InChI is InChI=1S/C15H15N5OS2/c16-5-11-6-18-15(19-14(11)17)23-9-13(21)20(12-1-2-12)7-10-3-4-22-8-10/h3-4,6,8,12H,1-2,7,9H2,(H2,17,18,19). The molecule has 0 aromatic carbocycles. The molecule has 1 aliphatic rings. The maximum absolute atomic E-state index is 12.5. The fraction of sp³-hybridized carbons (Fsp3) is 0.333. The number of anilines is 1. The van der Waals surface area contributed by atoms with Crippen LogP contribution in [0.15, 0.2) is 28.2 Å². The summed E-state index contributed by atoms with van der Waals surface area (Å²) < 4.78 is 0. The van der Waals surface area contributed by atoms with E-state index >= 15 is 0 Å². The van der Waals surface area contributed by atoms with Gasteiger partial charge in [0.15, 0.2) is 5.16 Å². The van der Waals surface area contributed by atoms with Crippen molar-refractivity contribution in [3.05, 3.63) is 34.2 Å². The predicted octanol–water partition coefficient (Wildman–Crippen LogP) is 2.28. The molecule has 118 valence electrons. The largest absolute Gasteiger partial charge is 0.382 e. The van der Waals surface area contributed by atoms with Gasteiger partial charge in [0.2, 0.25) is 5.91 Å². The fourth-order valence-electron chi connectivity index (χ4n) is 2.13. The molecule has 1 fully saturated rings. The number of nitrogen functional groups attached to an aromatic ring is 1. The first-order valence-corrected chi connectivity index (χ1v) is 9.06. The van der Waals surface area contributed by atoms with Crippen molar-refractivity contribution in [3.63, 3.8) is 0 Å². The van der Waals surface area contributed by atoms with Gasteiger partial charge in [-0.1, -0.05) is 11.8 Å². The molecule has 0 atom stereocenters. The number of thiophene rings is 1. The Labute approximate surface area is 142 Å². The number of nitriles is 1. The topological polar surface area (TPSA) is 95.9 Å². The Morgan fingerprint density at radius 2 is 2.39 bits per heavy atom. The molecule has 2 heterocycles. The number of hydrogen-bond acceptors (Lipinski definition) is 7. The van der Waals surface area contributed by atoms with Crippen molar-refractivity contribution in [2.24, 2.45) is 0 Å². The fourth-order valence-corrected chi connectivity index (χ4v) is 3.50. The number of nitrogens with zero attached hydrogens (tertiary/aromatic N) is 4. The summed E-state index contributed by atoms with van der Waals surface area (Å²) in [6.45, 7) is 0.657. The first kappa shape index (κ1) is 15.8. The number of thioether (sulfide) groups is 1. The minimum absolute atomic E-state index is 0.0789. The highest BCUT2D eigenvalue weighted by molar-refractivity contribution is 7.99. The van der Waals surface area contributed by atoms with Gasteiger partial charge in [0.05, 0.1) is 11.9 Å². The lowest BCUT2D eigenvalue weighted by atomic mass is 10.3. The van der Waals surface area contributed by atoms with Crippen LogP contribution in [0.3, 0.4) is 0 Å². The lowest BCUT2D eigenvalue weighted by Gasteiger charge is -2.21. The molecule has 1 amide bonds. The van der Waals surface area contributed by atoms with E-state index in [2.05, 4.69) is 15.3 Å². The molecule has 8 heteroatoms. The average molecular weight is 345 g/mol. The van der Waals surface area contributed by atoms with Gasteiger partial charge in [-0.3, -0.25) is 4.79 Å². The van der Waals surface area contributed by atoms with E-state index in [4.69, 9.17) is 11.0 Å². The molecular formula is C15H15N5OS2. The van der Waals surface area contributed by atoms with Crippen molar-refractivity contribution in [1.82, 2.24) is 14.9 Å². The molecule has 0 radical (unpaired) electrons. The zero-order valence-corrected chi connectivity index (χ0v) is 13.9. The number of aromatic nitrogens is 2. The van der Waals surface area contributed by atoms with Crippen LogP contribution in [-0.2, 0) is 11.3 Å². The summed E-state index contributed by atoms with van der Waals surface area (Å²) in [5, 5.41) is 13.3. The van der Waals surface area contributed by atoms with Crippen LogP contribution < -0.4 is 5.73 Å². The number of hydrogen-bond donors (Lipinski definition) is 1. The van der Waals surface area contributed by atoms with Crippen molar-refractivity contribution in [1.29, 1.82) is 5.26 Å². The van der Waals surface area contributed by atoms with E-state index in [1.807, 2.05) is 22.4 Å². The Balaban J connectivity index is 1.61. The van der Waals surface area contributed by atoms with Crippen LogP contribution in [0.1, 0.15) is 24.0 Å². The number of amides is 1. The molecule has 2 N–H and O–H groups in total. The normalized spacial score (nSPS) is 13.5. The van der Waals surface area contributed by atoms with Gasteiger partial charge >= 0.3 is 0 Å². The summed E-state index contributed by atoms with van der Waals surface area (Å²) in [5.41, 5.74) is 7.08. The van der Waals surface area contributed by atoms with Crippen molar-refractivity contribution in [2.75, 3.05) is 11.5 Å². The van der Waals surface area contributed by atoms with E-state index in [1.165, 1.54) is 23.5 Å². The van der Waals surface area contributed by atoms with E-state index in [0.29, 0.717) is 17.7 Å². The third-order valence-corrected chi connectivity index (χ3v) is 5.06. The number of carbonyl (C=O) groups excluding carboxylic acids is 1. The van der Waals surface area contributed by atoms with Crippen LogP contribution in [0.2, 0.25) is 0 Å². The second-order valence-corrected chi connectivity index (χ2v) is 6.96. The average Bonchev–Trinajstić information content (AvgIpc) is 3.26. The van der Waals surface area contributed by atoms with Crippen LogP contribution in [0.4, 0.5) is 5.82 Å². The van der Waals surface area contributed by atoms with E-state index in [-0.39, 0.29) is 23.0 Å². The highest BCUT2D eigenvalue weighted by Gasteiger charge is 2.32. The van der Waals surface area contributed by atoms with Gasteiger partial charge in [-0.25, -0.2) is 9.97 Å². The Hall–Kier alpha value is -2.11. The molecule has 3 rings (SSSR count). The summed E-state index contributed by atoms with van der Waals surface area (Å²) in [7, 11) is 0. The van der Waals surface area contributed by atoms with Gasteiger partial charge in [0.25, 0.3) is 0 Å². The van der Waals surface area contributed by atoms with Crippen molar-refractivity contribution in [2.45, 2.75) is 30.6 Å². The van der Waals surface area contributed by atoms with Crippen molar-refractivity contribution >= 4 is 34.8 Å². The molecule has 6 nitrogen and oxygen atoms in total. The van der Waals surface area contributed by atoms with Gasteiger partial charge in [0.1, 0.15) is 17.5 Å². The molecule has 23 heavy (non-hydrogen) atoms. The molecule has 0 spiro atoms. The summed E-state index contributed by atoms with van der Waals surface area (Å²) in [6, 6.07) is 4.32. The zero-order valence-electron chi connectivity index (χ0n) is 12.3. The predicted molar refractivity (Wildman–Crippen MR) is 89.8 cm³/mol. The third-order valence-electron chi connectivity index (χ3n) is 3.48. The third kappa shape index (κ3) is 4.00. The van der Waals surface area contributed by atoms with Gasteiger partial charge in [0, 0.05) is 12.6 Å². The molecule has 0 aliphatic heterocycles. The van der Waals surface area contributed by atoms with Crippen LogP contribution in [0, 0.1) is 11.3 Å².